The fraction of sp³-hybridized carbons (Fsp3) is 0.533. The molecule has 1 amide bonds. The summed E-state index contributed by atoms with van der Waals surface area (Å²) < 4.78 is 5.38. The molecular formula is C15H22N2O2. The molecule has 0 radical (unpaired) electrons. The van der Waals surface area contributed by atoms with Crippen LogP contribution in [0.4, 0.5) is 0 Å². The largest absolute Gasteiger partial charge is 0.381 e. The van der Waals surface area contributed by atoms with E-state index >= 15 is 0 Å². The highest BCUT2D eigenvalue weighted by atomic mass is 16.5. The molecule has 1 aliphatic rings. The van der Waals surface area contributed by atoms with Gasteiger partial charge < -0.3 is 15.4 Å². The zero-order valence-corrected chi connectivity index (χ0v) is 11.5. The minimum absolute atomic E-state index is 0.0245. The number of carbonyl (C=O) groups is 1. The summed E-state index contributed by atoms with van der Waals surface area (Å²) in [5.74, 6) is 0.203. The third-order valence-corrected chi connectivity index (χ3v) is 3.53. The van der Waals surface area contributed by atoms with Crippen molar-refractivity contribution in [3.63, 3.8) is 0 Å². The summed E-state index contributed by atoms with van der Waals surface area (Å²) in [7, 11) is 1.85. The average Bonchev–Trinajstić information content (AvgIpc) is 2.47. The molecule has 1 aromatic carbocycles. The van der Waals surface area contributed by atoms with E-state index in [4.69, 9.17) is 10.5 Å². The number of amides is 1. The van der Waals surface area contributed by atoms with Crippen LogP contribution in [0, 0.1) is 5.92 Å². The molecule has 0 aromatic heterocycles. The molecular weight excluding hydrogens is 240 g/mol. The summed E-state index contributed by atoms with van der Waals surface area (Å²) >= 11 is 0. The third kappa shape index (κ3) is 3.78. The van der Waals surface area contributed by atoms with Crippen molar-refractivity contribution >= 4 is 5.91 Å². The van der Waals surface area contributed by atoms with Crippen molar-refractivity contribution in [3.8, 4) is 0 Å². The summed E-state index contributed by atoms with van der Waals surface area (Å²) in [5, 5.41) is 0. The van der Waals surface area contributed by atoms with Crippen molar-refractivity contribution < 1.29 is 9.53 Å². The van der Waals surface area contributed by atoms with Gasteiger partial charge in [-0.2, -0.15) is 0 Å². The van der Waals surface area contributed by atoms with Crippen LogP contribution in [-0.2, 0) is 22.6 Å². The molecule has 0 spiro atoms. The zero-order chi connectivity index (χ0) is 13.7. The molecule has 4 nitrogen and oxygen atoms in total. The van der Waals surface area contributed by atoms with Gasteiger partial charge in [-0.15, -0.1) is 0 Å². The Morgan fingerprint density at radius 1 is 1.47 bits per heavy atom. The molecule has 1 saturated heterocycles. The van der Waals surface area contributed by atoms with Crippen molar-refractivity contribution in [1.29, 1.82) is 0 Å². The first-order chi connectivity index (χ1) is 9.20. The van der Waals surface area contributed by atoms with Crippen molar-refractivity contribution in [2.75, 3.05) is 20.3 Å². The molecule has 104 valence electrons. The van der Waals surface area contributed by atoms with Crippen LogP contribution in [0.5, 0.6) is 0 Å². The van der Waals surface area contributed by atoms with Crippen LogP contribution in [0.1, 0.15) is 24.0 Å². The number of rotatable bonds is 4. The van der Waals surface area contributed by atoms with Gasteiger partial charge in [0.1, 0.15) is 0 Å². The summed E-state index contributed by atoms with van der Waals surface area (Å²) in [6, 6.07) is 8.07. The lowest BCUT2D eigenvalue weighted by Gasteiger charge is -2.26. The second-order valence-electron chi connectivity index (χ2n) is 5.13. The van der Waals surface area contributed by atoms with E-state index in [-0.39, 0.29) is 11.8 Å². The first-order valence-corrected chi connectivity index (χ1v) is 6.81. The Morgan fingerprint density at radius 2 is 2.26 bits per heavy atom. The maximum Gasteiger partial charge on any atom is 0.228 e. The Bertz CT molecular complexity index is 428. The quantitative estimate of drug-likeness (QED) is 0.895. The van der Waals surface area contributed by atoms with Gasteiger partial charge in [-0.05, 0) is 24.0 Å². The molecule has 19 heavy (non-hydrogen) atoms. The van der Waals surface area contributed by atoms with E-state index in [2.05, 4.69) is 6.07 Å². The van der Waals surface area contributed by atoms with E-state index < -0.39 is 0 Å². The molecule has 1 heterocycles. The standard InChI is InChI=1S/C15H22N2O2/c1-17(15(18)14-6-3-7-19-11-14)10-13-5-2-4-12(8-13)9-16/h2,4-5,8,14H,3,6-7,9-11,16H2,1H3. The smallest absolute Gasteiger partial charge is 0.228 e. The number of hydrogen-bond donors (Lipinski definition) is 1. The lowest BCUT2D eigenvalue weighted by molar-refractivity contribution is -0.138. The fourth-order valence-electron chi connectivity index (χ4n) is 2.45. The van der Waals surface area contributed by atoms with Gasteiger partial charge in [0.05, 0.1) is 12.5 Å². The second kappa shape index (κ2) is 6.68. The number of ether oxygens (including phenoxy) is 1. The van der Waals surface area contributed by atoms with Crippen LogP contribution in [0.25, 0.3) is 0 Å². The monoisotopic (exact) mass is 262 g/mol. The van der Waals surface area contributed by atoms with Crippen LogP contribution in [0.3, 0.4) is 0 Å². The van der Waals surface area contributed by atoms with Crippen LogP contribution in [0.2, 0.25) is 0 Å². The van der Waals surface area contributed by atoms with Crippen LogP contribution in [-0.4, -0.2) is 31.1 Å². The van der Waals surface area contributed by atoms with Gasteiger partial charge in [-0.1, -0.05) is 24.3 Å². The molecule has 1 fully saturated rings. The fourth-order valence-corrected chi connectivity index (χ4v) is 2.45. The average molecular weight is 262 g/mol. The summed E-state index contributed by atoms with van der Waals surface area (Å²) in [5.41, 5.74) is 7.85. The van der Waals surface area contributed by atoms with Gasteiger partial charge in [-0.3, -0.25) is 4.79 Å². The zero-order valence-electron chi connectivity index (χ0n) is 11.5. The molecule has 4 heteroatoms. The topological polar surface area (TPSA) is 55.6 Å². The molecule has 2 rings (SSSR count). The van der Waals surface area contributed by atoms with Gasteiger partial charge in [0, 0.05) is 26.7 Å². The number of hydrogen-bond acceptors (Lipinski definition) is 3. The molecule has 0 bridgehead atoms. The van der Waals surface area contributed by atoms with E-state index in [1.54, 1.807) is 4.90 Å². The van der Waals surface area contributed by atoms with E-state index in [0.717, 1.165) is 30.6 Å². The lowest BCUT2D eigenvalue weighted by Crippen LogP contribution is -2.36. The Balaban J connectivity index is 1.95. The van der Waals surface area contributed by atoms with Crippen molar-refractivity contribution in [2.45, 2.75) is 25.9 Å². The summed E-state index contributed by atoms with van der Waals surface area (Å²) in [6.45, 7) is 2.50. The number of carbonyl (C=O) groups excluding carboxylic acids is 1. The lowest BCUT2D eigenvalue weighted by atomic mass is 10.0. The molecule has 2 N–H and O–H groups in total. The van der Waals surface area contributed by atoms with Crippen molar-refractivity contribution in [3.05, 3.63) is 35.4 Å². The predicted octanol–water partition coefficient (Wildman–Crippen LogP) is 1.53. The second-order valence-corrected chi connectivity index (χ2v) is 5.13. The number of nitrogens with zero attached hydrogens (tertiary/aromatic N) is 1. The van der Waals surface area contributed by atoms with E-state index in [1.165, 1.54) is 0 Å². The van der Waals surface area contributed by atoms with E-state index in [1.807, 2.05) is 25.2 Å². The highest BCUT2D eigenvalue weighted by Crippen LogP contribution is 2.17. The van der Waals surface area contributed by atoms with Crippen molar-refractivity contribution in [2.24, 2.45) is 11.7 Å². The first kappa shape index (κ1) is 14.0. The maximum atomic E-state index is 12.3. The van der Waals surface area contributed by atoms with Gasteiger partial charge in [0.25, 0.3) is 0 Å². The molecule has 0 saturated carbocycles. The van der Waals surface area contributed by atoms with Crippen LogP contribution in [0.15, 0.2) is 24.3 Å². The SMILES string of the molecule is CN(Cc1cccc(CN)c1)C(=O)C1CCCOC1. The Morgan fingerprint density at radius 3 is 2.95 bits per heavy atom. The predicted molar refractivity (Wildman–Crippen MR) is 74.4 cm³/mol. The van der Waals surface area contributed by atoms with Crippen LogP contribution >= 0.6 is 0 Å². The molecule has 0 aliphatic carbocycles. The molecule has 1 aliphatic heterocycles. The van der Waals surface area contributed by atoms with Crippen molar-refractivity contribution in [1.82, 2.24) is 4.90 Å². The minimum Gasteiger partial charge on any atom is -0.381 e. The Labute approximate surface area is 114 Å². The van der Waals surface area contributed by atoms with Gasteiger partial charge in [-0.25, -0.2) is 0 Å². The normalized spacial score (nSPS) is 19.2. The highest BCUT2D eigenvalue weighted by Gasteiger charge is 2.24. The maximum absolute atomic E-state index is 12.3. The number of benzene rings is 1. The molecule has 1 aromatic rings. The Kier molecular flexibility index (Phi) is 4.93. The number of nitrogens with two attached hydrogens (primary N) is 1. The van der Waals surface area contributed by atoms with Gasteiger partial charge in [0.15, 0.2) is 0 Å². The van der Waals surface area contributed by atoms with Gasteiger partial charge in [0.2, 0.25) is 5.91 Å². The molecule has 1 atom stereocenters. The summed E-state index contributed by atoms with van der Waals surface area (Å²) in [4.78, 5) is 14.1. The van der Waals surface area contributed by atoms with E-state index in [9.17, 15) is 4.79 Å². The molecule has 1 unspecified atom stereocenters. The highest BCUT2D eigenvalue weighted by molar-refractivity contribution is 5.78. The Hall–Kier alpha value is -1.39. The van der Waals surface area contributed by atoms with E-state index in [0.29, 0.717) is 19.7 Å². The third-order valence-electron chi connectivity index (χ3n) is 3.53. The minimum atomic E-state index is 0.0245. The van der Waals surface area contributed by atoms with Gasteiger partial charge >= 0.3 is 0 Å². The first-order valence-electron chi connectivity index (χ1n) is 6.81. The summed E-state index contributed by atoms with van der Waals surface area (Å²) in [6.07, 6.45) is 1.92. The van der Waals surface area contributed by atoms with Crippen LogP contribution < -0.4 is 5.73 Å².